The first-order valence-corrected chi connectivity index (χ1v) is 8.06. The molecule has 1 saturated carbocycles. The molecule has 5 N–H and O–H groups in total. The molecule has 1 aromatic heterocycles. The van der Waals surface area contributed by atoms with Crippen LogP contribution in [-0.2, 0) is 13.0 Å². The molecule has 0 radical (unpaired) electrons. The molecule has 1 aliphatic heterocycles. The predicted octanol–water partition coefficient (Wildman–Crippen LogP) is 2.65. The van der Waals surface area contributed by atoms with Crippen LogP contribution in [0.1, 0.15) is 35.6 Å². The van der Waals surface area contributed by atoms with Crippen LogP contribution < -0.4 is 21.5 Å². The van der Waals surface area contributed by atoms with Crippen molar-refractivity contribution >= 4 is 36.6 Å². The summed E-state index contributed by atoms with van der Waals surface area (Å²) >= 11 is 0. The molecular formula is C17H23Cl2N5O. The van der Waals surface area contributed by atoms with Crippen molar-refractivity contribution in [2.75, 3.05) is 17.7 Å². The summed E-state index contributed by atoms with van der Waals surface area (Å²) in [5, 5.41) is 3.34. The third kappa shape index (κ3) is 4.26. The molecule has 2 aliphatic rings. The highest BCUT2D eigenvalue weighted by Gasteiger charge is 2.29. The number of nitrogens with zero attached hydrogens (tertiary/aromatic N) is 2. The molecule has 1 aromatic carbocycles. The van der Waals surface area contributed by atoms with E-state index in [1.54, 1.807) is 0 Å². The quantitative estimate of drug-likeness (QED) is 0.750. The van der Waals surface area contributed by atoms with Gasteiger partial charge in [0, 0.05) is 31.0 Å². The number of halogens is 2. The molecule has 0 atom stereocenters. The van der Waals surface area contributed by atoms with Crippen molar-refractivity contribution in [2.24, 2.45) is 5.73 Å². The second kappa shape index (κ2) is 8.08. The fraction of sp³-hybridized carbons (Fsp3) is 0.412. The average Bonchev–Trinajstić information content (AvgIpc) is 2.97. The molecule has 6 nitrogen and oxygen atoms in total. The van der Waals surface area contributed by atoms with Gasteiger partial charge in [-0.1, -0.05) is 12.1 Å². The lowest BCUT2D eigenvalue weighted by atomic mass is 9.78. The third-order valence-corrected chi connectivity index (χ3v) is 4.58. The lowest BCUT2D eigenvalue weighted by molar-refractivity contribution is 0.345. The normalized spacial score (nSPS) is 20.4. The van der Waals surface area contributed by atoms with Crippen LogP contribution in [0.15, 0.2) is 24.3 Å². The lowest BCUT2D eigenvalue weighted by Gasteiger charge is -2.32. The van der Waals surface area contributed by atoms with Crippen LogP contribution >= 0.6 is 24.8 Å². The van der Waals surface area contributed by atoms with Gasteiger partial charge in [-0.15, -0.1) is 24.8 Å². The molecule has 4 rings (SSSR count). The van der Waals surface area contributed by atoms with Crippen LogP contribution in [0.5, 0.6) is 5.75 Å². The number of fused-ring (bicyclic) bond motifs is 1. The summed E-state index contributed by atoms with van der Waals surface area (Å²) in [5.74, 6) is 2.49. The first kappa shape index (κ1) is 19.6. The minimum Gasteiger partial charge on any atom is -0.493 e. The maximum absolute atomic E-state index is 5.86. The van der Waals surface area contributed by atoms with Gasteiger partial charge in [-0.25, -0.2) is 4.98 Å². The molecule has 136 valence electrons. The first-order valence-electron chi connectivity index (χ1n) is 8.06. The predicted molar refractivity (Wildman–Crippen MR) is 104 cm³/mol. The molecule has 1 aliphatic carbocycles. The Morgan fingerprint density at radius 1 is 1.16 bits per heavy atom. The summed E-state index contributed by atoms with van der Waals surface area (Å²) in [6, 6.07) is 8.58. The highest BCUT2D eigenvalue weighted by atomic mass is 35.5. The average molecular weight is 384 g/mol. The van der Waals surface area contributed by atoms with Crippen LogP contribution in [-0.4, -0.2) is 22.6 Å². The van der Waals surface area contributed by atoms with Gasteiger partial charge in [-0.3, -0.25) is 0 Å². The fourth-order valence-electron chi connectivity index (χ4n) is 3.23. The maximum Gasteiger partial charge on any atom is 0.222 e. The van der Waals surface area contributed by atoms with E-state index in [0.717, 1.165) is 43.1 Å². The zero-order valence-electron chi connectivity index (χ0n) is 13.8. The Morgan fingerprint density at radius 2 is 1.96 bits per heavy atom. The van der Waals surface area contributed by atoms with Gasteiger partial charge < -0.3 is 21.5 Å². The molecular weight excluding hydrogens is 361 g/mol. The molecule has 0 bridgehead atoms. The Labute approximate surface area is 159 Å². The van der Waals surface area contributed by atoms with Gasteiger partial charge in [0.05, 0.1) is 12.3 Å². The molecule has 0 spiro atoms. The van der Waals surface area contributed by atoms with E-state index in [1.807, 2.05) is 12.1 Å². The standard InChI is InChI=1S/C17H21N5O.2ClH/c18-13-6-12(7-13)14-8-16(22-17(19)21-14)20-9-10-1-2-15-11(5-10)3-4-23-15;;/h1-2,5,8,12-13H,3-4,6-7,9,18H2,(H3,19,20,21,22);2*1H. The zero-order valence-corrected chi connectivity index (χ0v) is 15.4. The third-order valence-electron chi connectivity index (χ3n) is 4.58. The van der Waals surface area contributed by atoms with E-state index in [1.165, 1.54) is 11.1 Å². The minimum atomic E-state index is 0. The number of nitrogens with one attached hydrogen (secondary N) is 1. The van der Waals surface area contributed by atoms with E-state index in [-0.39, 0.29) is 24.8 Å². The number of anilines is 2. The van der Waals surface area contributed by atoms with Gasteiger partial charge in [0.25, 0.3) is 0 Å². The molecule has 2 heterocycles. The Bertz CT molecular complexity index is 737. The Kier molecular flexibility index (Phi) is 6.32. The molecule has 25 heavy (non-hydrogen) atoms. The number of nitrogen functional groups attached to an aromatic ring is 1. The lowest BCUT2D eigenvalue weighted by Crippen LogP contribution is -2.35. The summed E-state index contributed by atoms with van der Waals surface area (Å²) < 4.78 is 5.53. The summed E-state index contributed by atoms with van der Waals surface area (Å²) in [7, 11) is 0. The van der Waals surface area contributed by atoms with Gasteiger partial charge in [-0.2, -0.15) is 4.98 Å². The summed E-state index contributed by atoms with van der Waals surface area (Å²) in [4.78, 5) is 8.63. The largest absolute Gasteiger partial charge is 0.493 e. The second-order valence-corrected chi connectivity index (χ2v) is 6.36. The minimum absolute atomic E-state index is 0. The van der Waals surface area contributed by atoms with Gasteiger partial charge in [0.2, 0.25) is 5.95 Å². The SMILES string of the molecule is Cl.Cl.Nc1nc(NCc2ccc3c(c2)CCO3)cc(C2CC(N)C2)n1. The van der Waals surface area contributed by atoms with E-state index >= 15 is 0 Å². The number of hydrogen-bond donors (Lipinski definition) is 3. The number of nitrogens with two attached hydrogens (primary N) is 2. The number of rotatable bonds is 4. The summed E-state index contributed by atoms with van der Waals surface area (Å²) in [5.41, 5.74) is 15.2. The van der Waals surface area contributed by atoms with Gasteiger partial charge in [-0.05, 0) is 30.0 Å². The molecule has 8 heteroatoms. The Balaban J connectivity index is 0.00000113. The summed E-state index contributed by atoms with van der Waals surface area (Å²) in [6.45, 7) is 1.48. The van der Waals surface area contributed by atoms with E-state index in [9.17, 15) is 0 Å². The molecule has 2 aromatic rings. The van der Waals surface area contributed by atoms with Gasteiger partial charge in [0.15, 0.2) is 0 Å². The maximum atomic E-state index is 5.86. The van der Waals surface area contributed by atoms with Crippen LogP contribution in [0, 0.1) is 0 Å². The highest BCUT2D eigenvalue weighted by molar-refractivity contribution is 5.85. The van der Waals surface area contributed by atoms with Gasteiger partial charge in [0.1, 0.15) is 11.6 Å². The second-order valence-electron chi connectivity index (χ2n) is 6.36. The monoisotopic (exact) mass is 383 g/mol. The number of hydrogen-bond acceptors (Lipinski definition) is 6. The van der Waals surface area contributed by atoms with Crippen molar-refractivity contribution < 1.29 is 4.74 Å². The number of benzene rings is 1. The molecule has 0 saturated heterocycles. The first-order chi connectivity index (χ1) is 11.2. The molecule has 0 unspecified atom stereocenters. The smallest absolute Gasteiger partial charge is 0.222 e. The summed E-state index contributed by atoms with van der Waals surface area (Å²) in [6.07, 6.45) is 2.93. The van der Waals surface area contributed by atoms with E-state index < -0.39 is 0 Å². The van der Waals surface area contributed by atoms with E-state index in [2.05, 4.69) is 27.4 Å². The van der Waals surface area contributed by atoms with Crippen molar-refractivity contribution in [3.8, 4) is 5.75 Å². The molecule has 0 amide bonds. The highest BCUT2D eigenvalue weighted by Crippen LogP contribution is 2.35. The fourth-order valence-corrected chi connectivity index (χ4v) is 3.23. The van der Waals surface area contributed by atoms with E-state index in [0.29, 0.717) is 24.5 Å². The molecule has 1 fully saturated rings. The van der Waals surface area contributed by atoms with Crippen molar-refractivity contribution in [3.63, 3.8) is 0 Å². The van der Waals surface area contributed by atoms with Crippen molar-refractivity contribution in [1.29, 1.82) is 0 Å². The zero-order chi connectivity index (χ0) is 15.8. The van der Waals surface area contributed by atoms with Crippen LogP contribution in [0.4, 0.5) is 11.8 Å². The van der Waals surface area contributed by atoms with Crippen molar-refractivity contribution in [2.45, 2.75) is 37.8 Å². The van der Waals surface area contributed by atoms with Crippen LogP contribution in [0.2, 0.25) is 0 Å². The topological polar surface area (TPSA) is 99.1 Å². The number of aromatic nitrogens is 2. The van der Waals surface area contributed by atoms with Crippen molar-refractivity contribution in [1.82, 2.24) is 9.97 Å². The Morgan fingerprint density at radius 3 is 2.72 bits per heavy atom. The number of ether oxygens (including phenoxy) is 1. The van der Waals surface area contributed by atoms with Crippen LogP contribution in [0.25, 0.3) is 0 Å². The van der Waals surface area contributed by atoms with Crippen molar-refractivity contribution in [3.05, 3.63) is 41.1 Å². The van der Waals surface area contributed by atoms with Gasteiger partial charge >= 0.3 is 0 Å². The Hall–Kier alpha value is -1.76. The van der Waals surface area contributed by atoms with Crippen LogP contribution in [0.3, 0.4) is 0 Å². The van der Waals surface area contributed by atoms with E-state index in [4.69, 9.17) is 16.2 Å².